The van der Waals surface area contributed by atoms with Crippen LogP contribution in [0.3, 0.4) is 0 Å². The van der Waals surface area contributed by atoms with Crippen molar-refractivity contribution >= 4 is 5.69 Å². The molecule has 0 amide bonds. The van der Waals surface area contributed by atoms with Gasteiger partial charge in [-0.1, -0.05) is 19.9 Å². The normalized spacial score (nSPS) is 11.8. The molecule has 3 nitrogen and oxygen atoms in total. The molecule has 108 valence electrons. The van der Waals surface area contributed by atoms with Gasteiger partial charge < -0.3 is 10.6 Å². The molecule has 0 fully saturated rings. The van der Waals surface area contributed by atoms with E-state index in [9.17, 15) is 4.39 Å². The smallest absolute Gasteiger partial charge is 0.129 e. The topological polar surface area (TPSA) is 32.5 Å². The number of benzene rings is 1. The zero-order valence-electron chi connectivity index (χ0n) is 12.5. The zero-order chi connectivity index (χ0) is 14.4. The van der Waals surface area contributed by atoms with Gasteiger partial charge in [0.1, 0.15) is 5.82 Å². The number of nitrogen functional groups attached to an aromatic ring is 1. The summed E-state index contributed by atoms with van der Waals surface area (Å²) in [5.74, 6) is 0.341. The first-order valence-electron chi connectivity index (χ1n) is 6.80. The standard InChI is InChI=1S/C15H26FN3/c1-12(2)10-19(9-8-18(3)4)11-13-14(16)6-5-7-15(13)17/h5-7,12H,8-11,17H2,1-4H3. The molecule has 0 saturated carbocycles. The van der Waals surface area contributed by atoms with Crippen LogP contribution in [-0.2, 0) is 6.54 Å². The van der Waals surface area contributed by atoms with E-state index in [1.165, 1.54) is 6.07 Å². The number of anilines is 1. The number of nitrogens with zero attached hydrogens (tertiary/aromatic N) is 2. The molecule has 0 saturated heterocycles. The van der Waals surface area contributed by atoms with Crippen LogP contribution in [0.5, 0.6) is 0 Å². The van der Waals surface area contributed by atoms with E-state index in [0.717, 1.165) is 19.6 Å². The zero-order valence-corrected chi connectivity index (χ0v) is 12.5. The fraction of sp³-hybridized carbons (Fsp3) is 0.600. The third-order valence-electron chi connectivity index (χ3n) is 3.02. The van der Waals surface area contributed by atoms with Crippen molar-refractivity contribution in [2.45, 2.75) is 20.4 Å². The summed E-state index contributed by atoms with van der Waals surface area (Å²) in [7, 11) is 4.09. The Morgan fingerprint density at radius 2 is 1.89 bits per heavy atom. The van der Waals surface area contributed by atoms with Crippen LogP contribution in [0.25, 0.3) is 0 Å². The summed E-state index contributed by atoms with van der Waals surface area (Å²) in [6.07, 6.45) is 0. The predicted octanol–water partition coefficient (Wildman–Crippen LogP) is 2.43. The van der Waals surface area contributed by atoms with Crippen molar-refractivity contribution in [3.05, 3.63) is 29.6 Å². The van der Waals surface area contributed by atoms with Crippen molar-refractivity contribution in [3.8, 4) is 0 Å². The number of hydrogen-bond donors (Lipinski definition) is 1. The van der Waals surface area contributed by atoms with Gasteiger partial charge in [0.2, 0.25) is 0 Å². The monoisotopic (exact) mass is 267 g/mol. The molecule has 0 heterocycles. The lowest BCUT2D eigenvalue weighted by molar-refractivity contribution is 0.210. The van der Waals surface area contributed by atoms with E-state index in [0.29, 0.717) is 23.7 Å². The lowest BCUT2D eigenvalue weighted by Crippen LogP contribution is -2.34. The third kappa shape index (κ3) is 5.57. The van der Waals surface area contributed by atoms with Crippen LogP contribution in [0.15, 0.2) is 18.2 Å². The van der Waals surface area contributed by atoms with E-state index in [4.69, 9.17) is 5.73 Å². The molecule has 0 aliphatic rings. The second-order valence-corrected chi connectivity index (χ2v) is 5.74. The van der Waals surface area contributed by atoms with Crippen molar-refractivity contribution in [1.29, 1.82) is 0 Å². The molecule has 1 aromatic carbocycles. The molecule has 0 aliphatic heterocycles. The maximum absolute atomic E-state index is 13.8. The molecule has 0 bridgehead atoms. The number of halogens is 1. The van der Waals surface area contributed by atoms with Crippen LogP contribution >= 0.6 is 0 Å². The van der Waals surface area contributed by atoms with Crippen molar-refractivity contribution in [3.63, 3.8) is 0 Å². The maximum Gasteiger partial charge on any atom is 0.129 e. The second kappa shape index (κ2) is 7.46. The minimum absolute atomic E-state index is 0.210. The maximum atomic E-state index is 13.8. The molecule has 4 heteroatoms. The molecule has 0 radical (unpaired) electrons. The van der Waals surface area contributed by atoms with E-state index in [2.05, 4.69) is 23.6 Å². The number of hydrogen-bond acceptors (Lipinski definition) is 3. The van der Waals surface area contributed by atoms with Crippen LogP contribution in [-0.4, -0.2) is 43.5 Å². The van der Waals surface area contributed by atoms with Gasteiger partial charge in [0.05, 0.1) is 0 Å². The van der Waals surface area contributed by atoms with Gasteiger partial charge in [0, 0.05) is 37.4 Å². The van der Waals surface area contributed by atoms with Crippen LogP contribution in [0.1, 0.15) is 19.4 Å². The minimum atomic E-state index is -0.210. The molecule has 19 heavy (non-hydrogen) atoms. The average molecular weight is 267 g/mol. The highest BCUT2D eigenvalue weighted by molar-refractivity contribution is 5.47. The summed E-state index contributed by atoms with van der Waals surface area (Å²) >= 11 is 0. The average Bonchev–Trinajstić information content (AvgIpc) is 2.30. The van der Waals surface area contributed by atoms with Gasteiger partial charge in [-0.2, -0.15) is 0 Å². The first kappa shape index (κ1) is 15.9. The molecule has 0 atom stereocenters. The fourth-order valence-corrected chi connectivity index (χ4v) is 2.06. The van der Waals surface area contributed by atoms with Crippen molar-refractivity contribution in [1.82, 2.24) is 9.80 Å². The first-order chi connectivity index (χ1) is 8.90. The Bertz CT molecular complexity index is 371. The Morgan fingerprint density at radius 3 is 2.42 bits per heavy atom. The van der Waals surface area contributed by atoms with E-state index in [1.54, 1.807) is 12.1 Å². The molecule has 2 N–H and O–H groups in total. The Balaban J connectivity index is 2.75. The quantitative estimate of drug-likeness (QED) is 0.770. The fourth-order valence-electron chi connectivity index (χ4n) is 2.06. The largest absolute Gasteiger partial charge is 0.398 e. The third-order valence-corrected chi connectivity index (χ3v) is 3.02. The first-order valence-corrected chi connectivity index (χ1v) is 6.80. The summed E-state index contributed by atoms with van der Waals surface area (Å²) in [6.45, 7) is 7.74. The van der Waals surface area contributed by atoms with Gasteiger partial charge in [0.25, 0.3) is 0 Å². The number of likely N-dealkylation sites (N-methyl/N-ethyl adjacent to an activating group) is 1. The van der Waals surface area contributed by atoms with Crippen LogP contribution < -0.4 is 5.73 Å². The molecule has 0 unspecified atom stereocenters. The van der Waals surface area contributed by atoms with Crippen molar-refractivity contribution in [2.75, 3.05) is 39.5 Å². The van der Waals surface area contributed by atoms with Crippen LogP contribution in [0.4, 0.5) is 10.1 Å². The van der Waals surface area contributed by atoms with Gasteiger partial charge >= 0.3 is 0 Å². The Labute approximate surface area is 116 Å². The molecular formula is C15H26FN3. The van der Waals surface area contributed by atoms with Gasteiger partial charge in [0.15, 0.2) is 0 Å². The van der Waals surface area contributed by atoms with E-state index < -0.39 is 0 Å². The van der Waals surface area contributed by atoms with E-state index >= 15 is 0 Å². The highest BCUT2D eigenvalue weighted by Crippen LogP contribution is 2.18. The SMILES string of the molecule is CC(C)CN(CCN(C)C)Cc1c(N)cccc1F. The molecular weight excluding hydrogens is 241 g/mol. The van der Waals surface area contributed by atoms with Crippen molar-refractivity contribution < 1.29 is 4.39 Å². The minimum Gasteiger partial charge on any atom is -0.398 e. The van der Waals surface area contributed by atoms with Gasteiger partial charge in [-0.3, -0.25) is 4.90 Å². The van der Waals surface area contributed by atoms with E-state index in [-0.39, 0.29) is 5.82 Å². The molecule has 0 aromatic heterocycles. The summed E-state index contributed by atoms with van der Waals surface area (Å²) in [5.41, 5.74) is 7.03. The van der Waals surface area contributed by atoms with Crippen LogP contribution in [0.2, 0.25) is 0 Å². The second-order valence-electron chi connectivity index (χ2n) is 5.74. The summed E-state index contributed by atoms with van der Waals surface area (Å²) in [4.78, 5) is 4.40. The molecule has 1 aromatic rings. The van der Waals surface area contributed by atoms with Gasteiger partial charge in [-0.05, 0) is 32.1 Å². The van der Waals surface area contributed by atoms with Gasteiger partial charge in [-0.25, -0.2) is 4.39 Å². The Kier molecular flexibility index (Phi) is 6.25. The summed E-state index contributed by atoms with van der Waals surface area (Å²) < 4.78 is 13.8. The highest BCUT2D eigenvalue weighted by Gasteiger charge is 2.13. The van der Waals surface area contributed by atoms with Crippen molar-refractivity contribution in [2.24, 2.45) is 5.92 Å². The lowest BCUT2D eigenvalue weighted by atomic mass is 10.1. The Morgan fingerprint density at radius 1 is 1.21 bits per heavy atom. The highest BCUT2D eigenvalue weighted by atomic mass is 19.1. The number of rotatable bonds is 7. The van der Waals surface area contributed by atoms with Gasteiger partial charge in [-0.15, -0.1) is 0 Å². The summed E-state index contributed by atoms with van der Waals surface area (Å²) in [5, 5.41) is 0. The Hall–Kier alpha value is -1.13. The number of nitrogens with two attached hydrogens (primary N) is 1. The molecule has 0 aliphatic carbocycles. The lowest BCUT2D eigenvalue weighted by Gasteiger charge is -2.26. The molecule has 1 rings (SSSR count). The summed E-state index contributed by atoms with van der Waals surface area (Å²) in [6, 6.07) is 4.89. The van der Waals surface area contributed by atoms with E-state index in [1.807, 2.05) is 14.1 Å². The predicted molar refractivity (Wildman–Crippen MR) is 79.5 cm³/mol. The van der Waals surface area contributed by atoms with Crippen LogP contribution in [0, 0.1) is 11.7 Å². The molecule has 0 spiro atoms.